The first-order valence-corrected chi connectivity index (χ1v) is 8.91. The Morgan fingerprint density at radius 1 is 1.11 bits per heavy atom. The lowest BCUT2D eigenvalue weighted by Gasteiger charge is -2.25. The first kappa shape index (κ1) is 19.5. The molecule has 2 aromatic rings. The fourth-order valence-electron chi connectivity index (χ4n) is 3.25. The van der Waals surface area contributed by atoms with Crippen molar-refractivity contribution in [3.63, 3.8) is 0 Å². The molecule has 0 bridgehead atoms. The second kappa shape index (κ2) is 8.17. The zero-order valence-corrected chi connectivity index (χ0v) is 15.3. The lowest BCUT2D eigenvalue weighted by atomic mass is 10.1. The molecular formula is C18H20N4O6. The van der Waals surface area contributed by atoms with E-state index in [4.69, 9.17) is 4.42 Å². The van der Waals surface area contributed by atoms with Gasteiger partial charge in [-0.2, -0.15) is 0 Å². The number of nitro benzene ring substituents is 2. The van der Waals surface area contributed by atoms with Crippen LogP contribution < -0.4 is 5.32 Å². The summed E-state index contributed by atoms with van der Waals surface area (Å²) in [5, 5.41) is 24.7. The molecule has 0 unspecified atom stereocenters. The normalized spacial score (nSPS) is 14.6. The van der Waals surface area contributed by atoms with Crippen LogP contribution in [0.1, 0.15) is 41.1 Å². The predicted octanol–water partition coefficient (Wildman–Crippen LogP) is 3.64. The average Bonchev–Trinajstić information content (AvgIpc) is 3.12. The van der Waals surface area contributed by atoms with Gasteiger partial charge in [0.2, 0.25) is 0 Å². The van der Waals surface area contributed by atoms with E-state index >= 15 is 0 Å². The molecule has 1 aromatic heterocycles. The number of furan rings is 1. The number of carbonyl (C=O) groups excluding carboxylic acids is 1. The first-order valence-electron chi connectivity index (χ1n) is 8.91. The number of carbonyl (C=O) groups is 1. The van der Waals surface area contributed by atoms with Crippen molar-refractivity contribution < 1.29 is 19.1 Å². The van der Waals surface area contributed by atoms with Gasteiger partial charge in [-0.1, -0.05) is 6.42 Å². The molecule has 28 heavy (non-hydrogen) atoms. The maximum Gasteiger partial charge on any atom is 0.291 e. The number of benzene rings is 1. The highest BCUT2D eigenvalue weighted by atomic mass is 16.6. The van der Waals surface area contributed by atoms with Gasteiger partial charge in [-0.15, -0.1) is 0 Å². The van der Waals surface area contributed by atoms with Crippen LogP contribution in [0.15, 0.2) is 28.7 Å². The summed E-state index contributed by atoms with van der Waals surface area (Å²) in [6.45, 7) is 3.87. The molecule has 0 atom stereocenters. The molecule has 1 N–H and O–H groups in total. The molecule has 0 radical (unpaired) electrons. The van der Waals surface area contributed by atoms with Crippen LogP contribution in [0.3, 0.4) is 0 Å². The van der Waals surface area contributed by atoms with Crippen LogP contribution >= 0.6 is 0 Å². The molecule has 1 aromatic carbocycles. The van der Waals surface area contributed by atoms with Crippen LogP contribution in [0, 0.1) is 27.2 Å². The molecule has 0 saturated carbocycles. The van der Waals surface area contributed by atoms with Crippen molar-refractivity contribution in [2.24, 2.45) is 0 Å². The van der Waals surface area contributed by atoms with E-state index in [-0.39, 0.29) is 17.0 Å². The van der Waals surface area contributed by atoms with Crippen LogP contribution in [0.2, 0.25) is 0 Å². The molecular weight excluding hydrogens is 368 g/mol. The Balaban J connectivity index is 1.75. The van der Waals surface area contributed by atoms with Gasteiger partial charge in [0.1, 0.15) is 11.3 Å². The van der Waals surface area contributed by atoms with E-state index in [0.29, 0.717) is 12.3 Å². The third-order valence-electron chi connectivity index (χ3n) is 4.72. The molecule has 0 spiro atoms. The third-order valence-corrected chi connectivity index (χ3v) is 4.72. The van der Waals surface area contributed by atoms with Crippen molar-refractivity contribution in [3.8, 4) is 0 Å². The monoisotopic (exact) mass is 388 g/mol. The smallest absolute Gasteiger partial charge is 0.291 e. The Hall–Kier alpha value is -3.27. The molecule has 1 fully saturated rings. The second-order valence-electron chi connectivity index (χ2n) is 6.71. The van der Waals surface area contributed by atoms with Crippen molar-refractivity contribution in [2.45, 2.75) is 32.7 Å². The number of rotatable bonds is 6. The highest BCUT2D eigenvalue weighted by Gasteiger charge is 2.24. The molecule has 1 aliphatic heterocycles. The fourth-order valence-corrected chi connectivity index (χ4v) is 3.25. The van der Waals surface area contributed by atoms with Gasteiger partial charge in [0, 0.05) is 12.1 Å². The maximum atomic E-state index is 12.4. The number of hydrogen-bond acceptors (Lipinski definition) is 7. The lowest BCUT2D eigenvalue weighted by molar-refractivity contribution is -0.395. The largest absolute Gasteiger partial charge is 0.455 e. The van der Waals surface area contributed by atoms with E-state index in [2.05, 4.69) is 10.2 Å². The Morgan fingerprint density at radius 2 is 1.71 bits per heavy atom. The zero-order valence-electron chi connectivity index (χ0n) is 15.3. The number of amides is 1. The molecule has 148 valence electrons. The number of nitrogens with zero attached hydrogens (tertiary/aromatic N) is 3. The summed E-state index contributed by atoms with van der Waals surface area (Å²) in [6, 6.07) is 5.42. The third kappa shape index (κ3) is 4.34. The Bertz CT molecular complexity index is 882. The van der Waals surface area contributed by atoms with E-state index in [1.165, 1.54) is 19.4 Å². The minimum Gasteiger partial charge on any atom is -0.455 e. The predicted molar refractivity (Wildman–Crippen MR) is 100 cm³/mol. The van der Waals surface area contributed by atoms with Gasteiger partial charge in [0.15, 0.2) is 5.76 Å². The van der Waals surface area contributed by atoms with E-state index in [9.17, 15) is 25.0 Å². The summed E-state index contributed by atoms with van der Waals surface area (Å²) >= 11 is 0. The standard InChI is InChI=1S/C18H20N4O6/c1-12-15(21(24)25)9-13(10-16(12)22(26)27)19-18(23)17-6-5-14(28-17)11-20-7-3-2-4-8-20/h5-6,9-10H,2-4,7-8,11H2,1H3,(H,19,23). The summed E-state index contributed by atoms with van der Waals surface area (Å²) in [5.74, 6) is 0.0585. The van der Waals surface area contributed by atoms with Gasteiger partial charge >= 0.3 is 0 Å². The number of nitrogens with one attached hydrogen (secondary N) is 1. The average molecular weight is 388 g/mol. The summed E-state index contributed by atoms with van der Waals surface area (Å²) < 4.78 is 5.58. The van der Waals surface area contributed by atoms with Gasteiger partial charge < -0.3 is 9.73 Å². The number of nitro groups is 2. The highest BCUT2D eigenvalue weighted by molar-refractivity contribution is 6.02. The molecule has 10 heteroatoms. The van der Waals surface area contributed by atoms with Crippen LogP contribution in [0.4, 0.5) is 17.1 Å². The van der Waals surface area contributed by atoms with E-state index in [0.717, 1.165) is 38.1 Å². The van der Waals surface area contributed by atoms with Gasteiger partial charge in [0.05, 0.1) is 22.1 Å². The molecule has 3 rings (SSSR count). The van der Waals surface area contributed by atoms with Crippen molar-refractivity contribution in [1.82, 2.24) is 4.90 Å². The summed E-state index contributed by atoms with van der Waals surface area (Å²) in [4.78, 5) is 35.5. The van der Waals surface area contributed by atoms with Crippen molar-refractivity contribution in [2.75, 3.05) is 18.4 Å². The molecule has 1 aliphatic rings. The quantitative estimate of drug-likeness (QED) is 0.590. The molecule has 1 amide bonds. The van der Waals surface area contributed by atoms with E-state index in [1.54, 1.807) is 6.07 Å². The summed E-state index contributed by atoms with van der Waals surface area (Å²) in [7, 11) is 0. The van der Waals surface area contributed by atoms with Crippen LogP contribution in [0.25, 0.3) is 0 Å². The fraction of sp³-hybridized carbons (Fsp3) is 0.389. The van der Waals surface area contributed by atoms with Gasteiger partial charge in [0.25, 0.3) is 17.3 Å². The Labute approximate surface area is 160 Å². The number of hydrogen-bond donors (Lipinski definition) is 1. The van der Waals surface area contributed by atoms with Crippen LogP contribution in [-0.2, 0) is 6.54 Å². The minimum atomic E-state index is -0.721. The summed E-state index contributed by atoms with van der Waals surface area (Å²) in [6.07, 6.45) is 3.50. The van der Waals surface area contributed by atoms with Crippen molar-refractivity contribution >= 4 is 23.0 Å². The lowest BCUT2D eigenvalue weighted by Crippen LogP contribution is -2.28. The van der Waals surface area contributed by atoms with Gasteiger partial charge in [-0.25, -0.2) is 0 Å². The van der Waals surface area contributed by atoms with Crippen molar-refractivity contribution in [1.29, 1.82) is 0 Å². The second-order valence-corrected chi connectivity index (χ2v) is 6.71. The van der Waals surface area contributed by atoms with Crippen molar-refractivity contribution in [3.05, 3.63) is 61.6 Å². The Morgan fingerprint density at radius 3 is 2.29 bits per heavy atom. The number of anilines is 1. The van der Waals surface area contributed by atoms with Crippen LogP contribution in [-0.4, -0.2) is 33.7 Å². The number of piperidine rings is 1. The van der Waals surface area contributed by atoms with Gasteiger partial charge in [-0.3, -0.25) is 29.9 Å². The number of likely N-dealkylation sites (tertiary alicyclic amines) is 1. The van der Waals surface area contributed by atoms with Gasteiger partial charge in [-0.05, 0) is 45.0 Å². The SMILES string of the molecule is Cc1c([N+](=O)[O-])cc(NC(=O)c2ccc(CN3CCCCC3)o2)cc1[N+](=O)[O-]. The molecule has 2 heterocycles. The zero-order chi connectivity index (χ0) is 20.3. The first-order chi connectivity index (χ1) is 13.3. The van der Waals surface area contributed by atoms with Crippen LogP contribution in [0.5, 0.6) is 0 Å². The maximum absolute atomic E-state index is 12.4. The topological polar surface area (TPSA) is 132 Å². The molecule has 10 nitrogen and oxygen atoms in total. The van der Waals surface area contributed by atoms with E-state index in [1.807, 2.05) is 0 Å². The highest BCUT2D eigenvalue weighted by Crippen LogP contribution is 2.32. The molecule has 0 aliphatic carbocycles. The molecule has 1 saturated heterocycles. The Kier molecular flexibility index (Phi) is 5.69. The van der Waals surface area contributed by atoms with E-state index < -0.39 is 27.1 Å². The summed E-state index contributed by atoms with van der Waals surface area (Å²) in [5.41, 5.74) is -0.984. The minimum absolute atomic E-state index is 0.0389.